The van der Waals surface area contributed by atoms with E-state index in [9.17, 15) is 13.2 Å². The third kappa shape index (κ3) is 6.02. The van der Waals surface area contributed by atoms with E-state index in [1.54, 1.807) is 45.0 Å². The molecule has 0 aliphatic rings. The zero-order valence-electron chi connectivity index (χ0n) is 14.7. The van der Waals surface area contributed by atoms with E-state index >= 15 is 0 Å². The molecule has 0 saturated carbocycles. The van der Waals surface area contributed by atoms with Gasteiger partial charge in [-0.2, -0.15) is 0 Å². The first kappa shape index (κ1) is 20.8. The maximum absolute atomic E-state index is 12.3. The van der Waals surface area contributed by atoms with Gasteiger partial charge in [-0.1, -0.05) is 11.6 Å². The van der Waals surface area contributed by atoms with Crippen LogP contribution in [0.2, 0.25) is 5.02 Å². The second-order valence-electron chi connectivity index (χ2n) is 6.00. The molecule has 0 spiro atoms. The van der Waals surface area contributed by atoms with Gasteiger partial charge < -0.3 is 5.32 Å². The Bertz CT molecular complexity index is 851. The van der Waals surface area contributed by atoms with Gasteiger partial charge in [0.25, 0.3) is 0 Å². The van der Waals surface area contributed by atoms with E-state index in [4.69, 9.17) is 11.6 Å². The molecule has 140 valence electrons. The van der Waals surface area contributed by atoms with Crippen LogP contribution in [-0.4, -0.2) is 25.6 Å². The van der Waals surface area contributed by atoms with Crippen LogP contribution >= 0.6 is 23.4 Å². The summed E-state index contributed by atoms with van der Waals surface area (Å²) in [4.78, 5) is 13.4. The lowest BCUT2D eigenvalue weighted by Crippen LogP contribution is -2.30. The van der Waals surface area contributed by atoms with Crippen LogP contribution in [0.3, 0.4) is 0 Å². The molecule has 2 aromatic carbocycles. The molecule has 0 radical (unpaired) electrons. The predicted octanol–water partition coefficient (Wildman–Crippen LogP) is 4.15. The highest BCUT2D eigenvalue weighted by Crippen LogP contribution is 2.25. The molecule has 1 unspecified atom stereocenters. The molecule has 5 nitrogen and oxygen atoms in total. The van der Waals surface area contributed by atoms with Gasteiger partial charge in [0.05, 0.1) is 10.1 Å². The summed E-state index contributed by atoms with van der Waals surface area (Å²) in [6, 6.07) is 13.2. The third-order valence-corrected chi connectivity index (χ3v) is 6.36. The van der Waals surface area contributed by atoms with Crippen molar-refractivity contribution in [3.63, 3.8) is 0 Å². The molecule has 0 aromatic heterocycles. The third-order valence-electron chi connectivity index (χ3n) is 3.32. The summed E-state index contributed by atoms with van der Waals surface area (Å²) in [6.45, 7) is 5.32. The molecule has 0 fully saturated rings. The van der Waals surface area contributed by atoms with E-state index in [0.29, 0.717) is 10.7 Å². The molecular formula is C18H21ClN2O3S2. The number of halogens is 1. The number of hydrogen-bond acceptors (Lipinski definition) is 4. The smallest absolute Gasteiger partial charge is 0.240 e. The summed E-state index contributed by atoms with van der Waals surface area (Å²) in [5, 5.41) is 3.12. The summed E-state index contributed by atoms with van der Waals surface area (Å²) < 4.78 is 26.7. The van der Waals surface area contributed by atoms with Gasteiger partial charge >= 0.3 is 0 Å². The number of sulfonamides is 1. The molecule has 2 N–H and O–H groups in total. The predicted molar refractivity (Wildman–Crippen MR) is 107 cm³/mol. The van der Waals surface area contributed by atoms with Crippen molar-refractivity contribution in [3.05, 3.63) is 53.6 Å². The number of anilines is 1. The SMILES string of the molecule is CC(C)NS(=O)(=O)c1ccc(NC(=O)C(C)Sc2ccc(Cl)cc2)cc1. The van der Waals surface area contributed by atoms with Gasteiger partial charge in [0.15, 0.2) is 0 Å². The van der Waals surface area contributed by atoms with Crippen LogP contribution in [-0.2, 0) is 14.8 Å². The number of hydrogen-bond donors (Lipinski definition) is 2. The van der Waals surface area contributed by atoms with Crippen LogP contribution in [0.1, 0.15) is 20.8 Å². The van der Waals surface area contributed by atoms with E-state index in [2.05, 4.69) is 10.0 Å². The van der Waals surface area contributed by atoms with Crippen LogP contribution in [0.4, 0.5) is 5.69 Å². The first-order chi connectivity index (χ1) is 12.2. The van der Waals surface area contributed by atoms with E-state index in [-0.39, 0.29) is 22.1 Å². The lowest BCUT2D eigenvalue weighted by molar-refractivity contribution is -0.115. The normalized spacial score (nSPS) is 12.8. The van der Waals surface area contributed by atoms with E-state index in [0.717, 1.165) is 4.90 Å². The molecule has 26 heavy (non-hydrogen) atoms. The molecule has 8 heteroatoms. The van der Waals surface area contributed by atoms with Crippen LogP contribution in [0.25, 0.3) is 0 Å². The van der Waals surface area contributed by atoms with Gasteiger partial charge in [0.1, 0.15) is 0 Å². The van der Waals surface area contributed by atoms with Gasteiger partial charge in [0, 0.05) is 21.6 Å². The molecule has 2 aromatic rings. The largest absolute Gasteiger partial charge is 0.325 e. The molecular weight excluding hydrogens is 392 g/mol. The van der Waals surface area contributed by atoms with Crippen molar-refractivity contribution in [1.82, 2.24) is 4.72 Å². The number of nitrogens with one attached hydrogen (secondary N) is 2. The molecule has 0 bridgehead atoms. The highest BCUT2D eigenvalue weighted by molar-refractivity contribution is 8.00. The number of thioether (sulfide) groups is 1. The summed E-state index contributed by atoms with van der Waals surface area (Å²) in [7, 11) is -3.54. The molecule has 1 atom stereocenters. The topological polar surface area (TPSA) is 75.3 Å². The molecule has 0 heterocycles. The van der Waals surface area contributed by atoms with Crippen molar-refractivity contribution >= 4 is 45.0 Å². The van der Waals surface area contributed by atoms with Gasteiger partial charge in [0.2, 0.25) is 15.9 Å². The molecule has 1 amide bonds. The summed E-state index contributed by atoms with van der Waals surface area (Å²) >= 11 is 7.27. The van der Waals surface area contributed by atoms with Gasteiger partial charge in [-0.05, 0) is 69.3 Å². The number of amides is 1. The van der Waals surface area contributed by atoms with Crippen molar-refractivity contribution in [1.29, 1.82) is 0 Å². The molecule has 0 aliphatic heterocycles. The first-order valence-electron chi connectivity index (χ1n) is 8.03. The summed E-state index contributed by atoms with van der Waals surface area (Å²) in [5.41, 5.74) is 0.544. The average molecular weight is 413 g/mol. The van der Waals surface area contributed by atoms with Crippen molar-refractivity contribution in [3.8, 4) is 0 Å². The van der Waals surface area contributed by atoms with Crippen molar-refractivity contribution in [2.45, 2.75) is 41.9 Å². The minimum absolute atomic E-state index is 0.160. The number of benzene rings is 2. The second kappa shape index (κ2) is 8.90. The van der Waals surface area contributed by atoms with E-state index in [1.165, 1.54) is 23.9 Å². The lowest BCUT2D eigenvalue weighted by Gasteiger charge is -2.13. The number of carbonyl (C=O) groups is 1. The Labute approximate surface area is 163 Å². The molecule has 0 aliphatic carbocycles. The van der Waals surface area contributed by atoms with Crippen molar-refractivity contribution in [2.75, 3.05) is 5.32 Å². The second-order valence-corrected chi connectivity index (χ2v) is 9.57. The van der Waals surface area contributed by atoms with Crippen molar-refractivity contribution in [2.24, 2.45) is 0 Å². The Hall–Kier alpha value is -1.54. The van der Waals surface area contributed by atoms with Crippen LogP contribution in [0.5, 0.6) is 0 Å². The lowest BCUT2D eigenvalue weighted by atomic mass is 10.3. The Morgan fingerprint density at radius 1 is 1.00 bits per heavy atom. The fourth-order valence-electron chi connectivity index (χ4n) is 2.11. The fourth-order valence-corrected chi connectivity index (χ4v) is 4.35. The zero-order chi connectivity index (χ0) is 19.3. The quantitative estimate of drug-likeness (QED) is 0.670. The number of rotatable bonds is 7. The number of carbonyl (C=O) groups excluding carboxylic acids is 1. The Balaban J connectivity index is 1.99. The maximum atomic E-state index is 12.3. The summed E-state index contributed by atoms with van der Waals surface area (Å²) in [5.74, 6) is -0.166. The molecule has 2 rings (SSSR count). The fraction of sp³-hybridized carbons (Fsp3) is 0.278. The Morgan fingerprint density at radius 3 is 2.12 bits per heavy atom. The maximum Gasteiger partial charge on any atom is 0.240 e. The average Bonchev–Trinajstić information content (AvgIpc) is 2.56. The van der Waals surface area contributed by atoms with Gasteiger partial charge in [-0.3, -0.25) is 4.79 Å². The van der Waals surface area contributed by atoms with Crippen LogP contribution < -0.4 is 10.0 Å². The van der Waals surface area contributed by atoms with Crippen LogP contribution in [0.15, 0.2) is 58.3 Å². The monoisotopic (exact) mass is 412 g/mol. The van der Waals surface area contributed by atoms with Gasteiger partial charge in [-0.15, -0.1) is 11.8 Å². The van der Waals surface area contributed by atoms with Gasteiger partial charge in [-0.25, -0.2) is 13.1 Å². The minimum atomic E-state index is -3.54. The van der Waals surface area contributed by atoms with Crippen LogP contribution in [0, 0.1) is 0 Å². The first-order valence-corrected chi connectivity index (χ1v) is 10.8. The van der Waals surface area contributed by atoms with Crippen molar-refractivity contribution < 1.29 is 13.2 Å². The Kier molecular flexibility index (Phi) is 7.11. The van der Waals surface area contributed by atoms with E-state index < -0.39 is 10.0 Å². The summed E-state index contributed by atoms with van der Waals surface area (Å²) in [6.07, 6.45) is 0. The van der Waals surface area contributed by atoms with E-state index in [1.807, 2.05) is 12.1 Å². The zero-order valence-corrected chi connectivity index (χ0v) is 17.1. The highest BCUT2D eigenvalue weighted by atomic mass is 35.5. The standard InChI is InChI=1S/C18H21ClN2O3S2/c1-12(2)21-26(23,24)17-10-6-15(7-11-17)20-18(22)13(3)25-16-8-4-14(19)5-9-16/h4-13,21H,1-3H3,(H,20,22). The highest BCUT2D eigenvalue weighted by Gasteiger charge is 2.17. The minimum Gasteiger partial charge on any atom is -0.325 e. The Morgan fingerprint density at radius 2 is 1.58 bits per heavy atom. The molecule has 0 saturated heterocycles.